The second-order valence-corrected chi connectivity index (χ2v) is 7.86. The summed E-state index contributed by atoms with van der Waals surface area (Å²) in [6.07, 6.45) is 2.54. The second-order valence-electron chi connectivity index (χ2n) is 7.86. The van der Waals surface area contributed by atoms with Gasteiger partial charge < -0.3 is 19.5 Å². The number of likely N-dealkylation sites (N-methyl/N-ethyl adjacent to an activating group) is 1. The number of para-hydroxylation sites is 1. The third kappa shape index (κ3) is 4.36. The van der Waals surface area contributed by atoms with Crippen LogP contribution in [0.25, 0.3) is 10.9 Å². The summed E-state index contributed by atoms with van der Waals surface area (Å²) in [7, 11) is 0. The maximum Gasteiger partial charge on any atom is 0.223 e. The molecular weight excluding hydrogens is 374 g/mol. The van der Waals surface area contributed by atoms with Gasteiger partial charge in [-0.25, -0.2) is 0 Å². The fraction of sp³-hybridized carbons (Fsp3) is 0.400. The van der Waals surface area contributed by atoms with Crippen LogP contribution in [0.3, 0.4) is 0 Å². The fourth-order valence-corrected chi connectivity index (χ4v) is 4.37. The van der Waals surface area contributed by atoms with E-state index in [2.05, 4.69) is 53.3 Å². The number of carbonyl (C=O) groups excluding carboxylic acids is 1. The highest BCUT2D eigenvalue weighted by Gasteiger charge is 2.26. The number of nitrogens with zero attached hydrogens (tertiary/aromatic N) is 2. The number of piperazine rings is 1. The van der Waals surface area contributed by atoms with E-state index in [1.165, 1.54) is 10.9 Å². The van der Waals surface area contributed by atoms with E-state index < -0.39 is 0 Å². The van der Waals surface area contributed by atoms with Crippen LogP contribution in [0.15, 0.2) is 54.7 Å². The van der Waals surface area contributed by atoms with E-state index >= 15 is 0 Å². The Morgan fingerprint density at radius 2 is 1.77 bits per heavy atom. The van der Waals surface area contributed by atoms with Gasteiger partial charge in [0.2, 0.25) is 5.91 Å². The first-order valence-electron chi connectivity index (χ1n) is 11.0. The average molecular weight is 406 g/mol. The molecule has 0 radical (unpaired) electrons. The van der Waals surface area contributed by atoms with Crippen molar-refractivity contribution in [3.63, 3.8) is 0 Å². The summed E-state index contributed by atoms with van der Waals surface area (Å²) < 4.78 is 5.61. The molecule has 1 amide bonds. The molecule has 0 spiro atoms. The lowest BCUT2D eigenvalue weighted by Gasteiger charge is -2.34. The van der Waals surface area contributed by atoms with Gasteiger partial charge in [0, 0.05) is 55.6 Å². The third-order valence-electron chi connectivity index (χ3n) is 6.14. The standard InChI is InChI=1S/C25H31N3O2/c1-3-27-13-15-28(16-14-27)25(29)17-22(19-9-11-20(12-10-19)30-4-2)23-18-26-24-8-6-5-7-21(23)24/h5-12,18,22,26H,3-4,13-17H2,1-2H3/t22-/m1/s1. The number of fused-ring (bicyclic) bond motifs is 1. The number of carbonyl (C=O) groups is 1. The second kappa shape index (κ2) is 9.35. The van der Waals surface area contributed by atoms with Crippen LogP contribution >= 0.6 is 0 Å². The van der Waals surface area contributed by atoms with E-state index in [1.54, 1.807) is 0 Å². The van der Waals surface area contributed by atoms with Gasteiger partial charge in [0.05, 0.1) is 6.61 Å². The topological polar surface area (TPSA) is 48.6 Å². The molecule has 1 N–H and O–H groups in total. The molecule has 1 fully saturated rings. The van der Waals surface area contributed by atoms with Crippen molar-refractivity contribution in [1.82, 2.24) is 14.8 Å². The molecular formula is C25H31N3O2. The fourth-order valence-electron chi connectivity index (χ4n) is 4.37. The first-order chi connectivity index (χ1) is 14.7. The number of nitrogens with one attached hydrogen (secondary N) is 1. The molecule has 2 heterocycles. The number of H-pyrrole nitrogens is 1. The van der Waals surface area contributed by atoms with Crippen LogP contribution in [-0.2, 0) is 4.79 Å². The van der Waals surface area contributed by atoms with Crippen molar-refractivity contribution in [2.24, 2.45) is 0 Å². The minimum absolute atomic E-state index is 0.00790. The molecule has 3 aromatic rings. The summed E-state index contributed by atoms with van der Waals surface area (Å²) in [5.74, 6) is 1.10. The van der Waals surface area contributed by atoms with Gasteiger partial charge in [-0.1, -0.05) is 37.3 Å². The van der Waals surface area contributed by atoms with Gasteiger partial charge in [-0.2, -0.15) is 0 Å². The Labute approximate surface area is 178 Å². The zero-order chi connectivity index (χ0) is 20.9. The molecule has 0 saturated carbocycles. The Morgan fingerprint density at radius 3 is 2.47 bits per heavy atom. The molecule has 1 saturated heterocycles. The molecule has 1 aliphatic heterocycles. The molecule has 0 bridgehead atoms. The largest absolute Gasteiger partial charge is 0.494 e. The quantitative estimate of drug-likeness (QED) is 0.639. The summed E-state index contributed by atoms with van der Waals surface area (Å²) in [4.78, 5) is 21.1. The van der Waals surface area contributed by atoms with Crippen LogP contribution in [0.1, 0.15) is 37.3 Å². The molecule has 5 nitrogen and oxygen atoms in total. The van der Waals surface area contributed by atoms with Gasteiger partial charge in [0.25, 0.3) is 0 Å². The summed E-state index contributed by atoms with van der Waals surface area (Å²) in [6.45, 7) is 9.41. The van der Waals surface area contributed by atoms with E-state index in [0.29, 0.717) is 13.0 Å². The number of aromatic nitrogens is 1. The van der Waals surface area contributed by atoms with Crippen LogP contribution in [0.5, 0.6) is 5.75 Å². The maximum atomic E-state index is 13.3. The van der Waals surface area contributed by atoms with Gasteiger partial charge >= 0.3 is 0 Å². The highest BCUT2D eigenvalue weighted by Crippen LogP contribution is 2.34. The van der Waals surface area contributed by atoms with Crippen molar-refractivity contribution < 1.29 is 9.53 Å². The monoisotopic (exact) mass is 405 g/mol. The first-order valence-corrected chi connectivity index (χ1v) is 11.0. The van der Waals surface area contributed by atoms with Crippen LogP contribution in [-0.4, -0.2) is 60.0 Å². The molecule has 4 rings (SSSR count). The number of hydrogen-bond donors (Lipinski definition) is 1. The van der Waals surface area contributed by atoms with Gasteiger partial charge in [0.1, 0.15) is 5.75 Å². The SMILES string of the molecule is CCOc1ccc([C@@H](CC(=O)N2CCN(CC)CC2)c2c[nH]c3ccccc23)cc1. The Hall–Kier alpha value is -2.79. The van der Waals surface area contributed by atoms with Crippen LogP contribution in [0.2, 0.25) is 0 Å². The van der Waals surface area contributed by atoms with E-state index in [1.807, 2.05) is 30.0 Å². The highest BCUT2D eigenvalue weighted by molar-refractivity contribution is 5.86. The maximum absolute atomic E-state index is 13.3. The summed E-state index contributed by atoms with van der Waals surface area (Å²) in [5.41, 5.74) is 3.42. The molecule has 0 unspecified atom stereocenters. The predicted octanol–water partition coefficient (Wildman–Crippen LogP) is 4.25. The number of ether oxygens (including phenoxy) is 1. The smallest absolute Gasteiger partial charge is 0.223 e. The van der Waals surface area contributed by atoms with E-state index in [-0.39, 0.29) is 11.8 Å². The summed E-state index contributed by atoms with van der Waals surface area (Å²) in [5, 5.41) is 1.18. The van der Waals surface area contributed by atoms with Crippen LogP contribution in [0, 0.1) is 0 Å². The normalized spacial score (nSPS) is 16.0. The minimum atomic E-state index is 0.00790. The molecule has 1 aromatic heterocycles. The Bertz CT molecular complexity index is 971. The Morgan fingerprint density at radius 1 is 1.03 bits per heavy atom. The van der Waals surface area contributed by atoms with Crippen molar-refractivity contribution in [2.75, 3.05) is 39.3 Å². The van der Waals surface area contributed by atoms with Gasteiger partial charge in [-0.05, 0) is 42.8 Å². The highest BCUT2D eigenvalue weighted by atomic mass is 16.5. The van der Waals surface area contributed by atoms with Crippen molar-refractivity contribution >= 4 is 16.8 Å². The van der Waals surface area contributed by atoms with Crippen molar-refractivity contribution in [1.29, 1.82) is 0 Å². The third-order valence-corrected chi connectivity index (χ3v) is 6.14. The van der Waals surface area contributed by atoms with Gasteiger partial charge in [-0.3, -0.25) is 4.79 Å². The van der Waals surface area contributed by atoms with Crippen molar-refractivity contribution in [3.8, 4) is 5.75 Å². The number of hydrogen-bond acceptors (Lipinski definition) is 3. The Kier molecular flexibility index (Phi) is 6.38. The number of aromatic amines is 1. The lowest BCUT2D eigenvalue weighted by Crippen LogP contribution is -2.48. The molecule has 2 aromatic carbocycles. The molecule has 30 heavy (non-hydrogen) atoms. The van der Waals surface area contributed by atoms with Crippen molar-refractivity contribution in [3.05, 3.63) is 65.9 Å². The number of amides is 1. The molecule has 5 heteroatoms. The van der Waals surface area contributed by atoms with E-state index in [9.17, 15) is 4.79 Å². The number of rotatable bonds is 7. The number of benzene rings is 2. The lowest BCUT2D eigenvalue weighted by atomic mass is 9.87. The zero-order valence-corrected chi connectivity index (χ0v) is 17.9. The predicted molar refractivity (Wildman–Crippen MR) is 121 cm³/mol. The van der Waals surface area contributed by atoms with E-state index in [4.69, 9.17) is 4.74 Å². The van der Waals surface area contributed by atoms with Crippen molar-refractivity contribution in [2.45, 2.75) is 26.2 Å². The Balaban J connectivity index is 1.61. The molecule has 1 atom stereocenters. The summed E-state index contributed by atoms with van der Waals surface area (Å²) >= 11 is 0. The van der Waals surface area contributed by atoms with E-state index in [0.717, 1.165) is 49.6 Å². The molecule has 158 valence electrons. The lowest BCUT2D eigenvalue weighted by molar-refractivity contribution is -0.133. The first kappa shape index (κ1) is 20.5. The van der Waals surface area contributed by atoms with Gasteiger partial charge in [-0.15, -0.1) is 0 Å². The average Bonchev–Trinajstić information content (AvgIpc) is 3.22. The minimum Gasteiger partial charge on any atom is -0.494 e. The summed E-state index contributed by atoms with van der Waals surface area (Å²) in [6, 6.07) is 16.5. The molecule has 1 aliphatic rings. The molecule has 0 aliphatic carbocycles. The van der Waals surface area contributed by atoms with Gasteiger partial charge in [0.15, 0.2) is 0 Å². The zero-order valence-electron chi connectivity index (χ0n) is 17.9. The van der Waals surface area contributed by atoms with Crippen LogP contribution < -0.4 is 4.74 Å². The van der Waals surface area contributed by atoms with Crippen LogP contribution in [0.4, 0.5) is 0 Å².